The molecule has 1 unspecified atom stereocenters. The van der Waals surface area contributed by atoms with Gasteiger partial charge in [0, 0.05) is 11.1 Å². The monoisotopic (exact) mass is 416 g/mol. The van der Waals surface area contributed by atoms with Crippen LogP contribution < -0.4 is 26.8 Å². The molecule has 1 atom stereocenters. The number of nitrogens with one attached hydrogen (secondary N) is 2. The molecule has 6 N–H and O–H groups in total. The van der Waals surface area contributed by atoms with Crippen LogP contribution in [0.2, 0.25) is 0 Å². The van der Waals surface area contributed by atoms with Gasteiger partial charge in [0.1, 0.15) is 35.1 Å². The average Bonchev–Trinajstić information content (AvgIpc) is 2.67. The van der Waals surface area contributed by atoms with Crippen LogP contribution in [-0.4, -0.2) is 17.6 Å². The number of fused-ring (bicyclic) bond motifs is 1. The normalized spacial score (nSPS) is 15.1. The number of alkyl halides is 3. The highest BCUT2D eigenvalue weighted by Crippen LogP contribution is 2.44. The summed E-state index contributed by atoms with van der Waals surface area (Å²) >= 11 is 0. The molecule has 0 bridgehead atoms. The summed E-state index contributed by atoms with van der Waals surface area (Å²) < 4.78 is 45.6. The topological polar surface area (TPSA) is 158 Å². The van der Waals surface area contributed by atoms with E-state index in [1.54, 1.807) is 13.1 Å². The van der Waals surface area contributed by atoms with Crippen LogP contribution >= 0.6 is 0 Å². The highest BCUT2D eigenvalue weighted by molar-refractivity contribution is 5.98. The summed E-state index contributed by atoms with van der Waals surface area (Å²) in [7, 11) is 0. The molecule has 0 spiro atoms. The first kappa shape index (κ1) is 20.5. The molecule has 1 aliphatic rings. The molecule has 0 saturated carbocycles. The second-order valence-corrected chi connectivity index (χ2v) is 6.09. The number of aromatic nitrogens is 1. The summed E-state index contributed by atoms with van der Waals surface area (Å²) in [4.78, 5) is 8.34. The summed E-state index contributed by atoms with van der Waals surface area (Å²) in [5.41, 5.74) is 10.9. The van der Waals surface area contributed by atoms with Crippen molar-refractivity contribution in [1.29, 1.82) is 10.5 Å². The van der Waals surface area contributed by atoms with Gasteiger partial charge >= 0.3 is 6.18 Å². The van der Waals surface area contributed by atoms with Gasteiger partial charge in [0.05, 0.1) is 17.9 Å². The molecule has 1 aromatic carbocycles. The number of aliphatic imine (C=N–C) groups is 1. The molecule has 0 fully saturated rings. The molecule has 0 saturated heterocycles. The van der Waals surface area contributed by atoms with Crippen molar-refractivity contribution < 1.29 is 17.9 Å². The van der Waals surface area contributed by atoms with Crippen molar-refractivity contribution in [2.24, 2.45) is 4.99 Å². The molecule has 0 amide bonds. The van der Waals surface area contributed by atoms with E-state index in [1.165, 1.54) is 6.07 Å². The van der Waals surface area contributed by atoms with Crippen LogP contribution in [0.15, 0.2) is 23.2 Å². The van der Waals surface area contributed by atoms with Gasteiger partial charge < -0.3 is 21.5 Å². The van der Waals surface area contributed by atoms with Crippen molar-refractivity contribution >= 4 is 23.3 Å². The van der Waals surface area contributed by atoms with Crippen molar-refractivity contribution in [3.63, 3.8) is 0 Å². The Balaban J connectivity index is 2.32. The molecular weight excluding hydrogens is 401 g/mol. The van der Waals surface area contributed by atoms with Gasteiger partial charge in [0.25, 0.3) is 0 Å². The number of hydrogen-bond donors (Lipinski definition) is 4. The third-order valence-electron chi connectivity index (χ3n) is 4.29. The van der Waals surface area contributed by atoms with Gasteiger partial charge in [-0.05, 0) is 25.1 Å². The predicted molar refractivity (Wildman–Crippen MR) is 102 cm³/mol. The first-order chi connectivity index (χ1) is 14.2. The van der Waals surface area contributed by atoms with Crippen LogP contribution in [0.1, 0.15) is 35.2 Å². The third-order valence-corrected chi connectivity index (χ3v) is 4.29. The fourth-order valence-electron chi connectivity index (χ4n) is 3.03. The minimum absolute atomic E-state index is 0.0360. The summed E-state index contributed by atoms with van der Waals surface area (Å²) in [6.07, 6.45) is -2.95. The predicted octanol–water partition coefficient (Wildman–Crippen LogP) is 2.48. The Bertz CT molecular complexity index is 1110. The fourth-order valence-corrected chi connectivity index (χ4v) is 3.03. The second kappa shape index (κ2) is 7.67. The Labute approximate surface area is 168 Å². The van der Waals surface area contributed by atoms with Gasteiger partial charge in [0.2, 0.25) is 5.96 Å². The van der Waals surface area contributed by atoms with E-state index < -0.39 is 17.8 Å². The SMILES string of the molecule is CCOc1ccc(C(F)(F)F)cc1C1N=C(NC#N)Nc2nc(N)c(C#N)c(N)c21. The molecule has 154 valence electrons. The van der Waals surface area contributed by atoms with Crippen molar-refractivity contribution in [3.8, 4) is 18.0 Å². The molecule has 30 heavy (non-hydrogen) atoms. The lowest BCUT2D eigenvalue weighted by atomic mass is 9.93. The number of nitrogens with zero attached hydrogens (tertiary/aromatic N) is 4. The standard InChI is InChI=1S/C18H15F3N8O/c1-2-30-11-4-3-8(18(19,20)21)5-9(11)14-12-13(24)10(6-22)15(25)28-16(12)29-17(27-14)26-7-23/h3-5,14H,2H2,1H3,(H6,24,25,26,27,28,29). The molecule has 9 nitrogen and oxygen atoms in total. The van der Waals surface area contributed by atoms with E-state index in [0.717, 1.165) is 12.1 Å². The third kappa shape index (κ3) is 3.58. The molecule has 1 aliphatic heterocycles. The van der Waals surface area contributed by atoms with Crippen LogP contribution in [0.3, 0.4) is 0 Å². The van der Waals surface area contributed by atoms with E-state index >= 15 is 0 Å². The van der Waals surface area contributed by atoms with Gasteiger partial charge in [0.15, 0.2) is 6.19 Å². The van der Waals surface area contributed by atoms with E-state index in [-0.39, 0.29) is 52.3 Å². The van der Waals surface area contributed by atoms with E-state index in [0.29, 0.717) is 0 Å². The number of guanidine groups is 1. The maximum atomic E-state index is 13.4. The summed E-state index contributed by atoms with van der Waals surface area (Å²) in [5, 5.41) is 23.3. The number of ether oxygens (including phenoxy) is 1. The molecule has 1 aromatic heterocycles. The molecule has 0 aliphatic carbocycles. The Morgan fingerprint density at radius 3 is 2.63 bits per heavy atom. The number of nitrogen functional groups attached to an aromatic ring is 2. The summed E-state index contributed by atoms with van der Waals surface area (Å²) in [5.74, 6) is -0.0575. The van der Waals surface area contributed by atoms with Crippen molar-refractivity contribution in [2.45, 2.75) is 19.1 Å². The number of benzene rings is 1. The molecule has 2 aromatic rings. The highest BCUT2D eigenvalue weighted by Gasteiger charge is 2.35. The number of halogens is 3. The Kier molecular flexibility index (Phi) is 5.26. The number of nitrogens with two attached hydrogens (primary N) is 2. The quantitative estimate of drug-likeness (QED) is 0.439. The van der Waals surface area contributed by atoms with Gasteiger partial charge in [-0.15, -0.1) is 0 Å². The van der Waals surface area contributed by atoms with Crippen LogP contribution in [0.5, 0.6) is 5.75 Å². The molecule has 12 heteroatoms. The second-order valence-electron chi connectivity index (χ2n) is 6.09. The number of rotatable bonds is 3. The van der Waals surface area contributed by atoms with E-state index in [4.69, 9.17) is 21.5 Å². The minimum atomic E-state index is -4.62. The lowest BCUT2D eigenvalue weighted by Gasteiger charge is -2.27. The fraction of sp³-hybridized carbons (Fsp3) is 0.222. The molecular formula is C18H15F3N8O. The molecule has 0 radical (unpaired) electrons. The Hall–Kier alpha value is -4.19. The van der Waals surface area contributed by atoms with Crippen LogP contribution in [0.25, 0.3) is 0 Å². The Morgan fingerprint density at radius 1 is 1.30 bits per heavy atom. The maximum Gasteiger partial charge on any atom is 0.416 e. The van der Waals surface area contributed by atoms with Crippen LogP contribution in [0, 0.1) is 22.8 Å². The van der Waals surface area contributed by atoms with Crippen molar-refractivity contribution in [3.05, 3.63) is 40.5 Å². The molecule has 2 heterocycles. The smallest absolute Gasteiger partial charge is 0.416 e. The lowest BCUT2D eigenvalue weighted by molar-refractivity contribution is -0.137. The van der Waals surface area contributed by atoms with Gasteiger partial charge in [-0.25, -0.2) is 9.98 Å². The zero-order valence-corrected chi connectivity index (χ0v) is 15.5. The lowest BCUT2D eigenvalue weighted by Crippen LogP contribution is -2.33. The zero-order chi connectivity index (χ0) is 22.1. The first-order valence-electron chi connectivity index (χ1n) is 8.54. The number of anilines is 3. The average molecular weight is 416 g/mol. The Morgan fingerprint density at radius 2 is 2.03 bits per heavy atom. The van der Waals surface area contributed by atoms with Crippen molar-refractivity contribution in [1.82, 2.24) is 10.3 Å². The van der Waals surface area contributed by atoms with Crippen LogP contribution in [-0.2, 0) is 6.18 Å². The first-order valence-corrected chi connectivity index (χ1v) is 8.54. The van der Waals surface area contributed by atoms with E-state index in [2.05, 4.69) is 20.6 Å². The summed E-state index contributed by atoms with van der Waals surface area (Å²) in [6.45, 7) is 1.86. The summed E-state index contributed by atoms with van der Waals surface area (Å²) in [6, 6.07) is 3.64. The van der Waals surface area contributed by atoms with Gasteiger partial charge in [-0.1, -0.05) is 0 Å². The number of pyridine rings is 1. The molecule has 3 rings (SSSR count). The largest absolute Gasteiger partial charge is 0.494 e. The maximum absolute atomic E-state index is 13.4. The van der Waals surface area contributed by atoms with Gasteiger partial charge in [-0.2, -0.15) is 23.7 Å². The van der Waals surface area contributed by atoms with E-state index in [1.807, 2.05) is 6.07 Å². The number of hydrogen-bond acceptors (Lipinski definition) is 9. The highest BCUT2D eigenvalue weighted by atomic mass is 19.4. The van der Waals surface area contributed by atoms with Gasteiger partial charge in [-0.3, -0.25) is 5.32 Å². The number of nitriles is 2. The minimum Gasteiger partial charge on any atom is -0.494 e. The van der Waals surface area contributed by atoms with Crippen LogP contribution in [0.4, 0.5) is 30.5 Å². The zero-order valence-electron chi connectivity index (χ0n) is 15.5. The van der Waals surface area contributed by atoms with E-state index in [9.17, 15) is 18.4 Å². The van der Waals surface area contributed by atoms with Crippen molar-refractivity contribution in [2.75, 3.05) is 23.4 Å².